The molecule has 2 aromatic carbocycles. The number of amides is 2. The fourth-order valence-corrected chi connectivity index (χ4v) is 5.68. The molecule has 2 aromatic rings. The van der Waals surface area contributed by atoms with Gasteiger partial charge in [0.1, 0.15) is 12.3 Å². The maximum Gasteiger partial charge on any atom is 0.492 e. The maximum atomic E-state index is 13.4. The van der Waals surface area contributed by atoms with Gasteiger partial charge in [0.15, 0.2) is 0 Å². The van der Waals surface area contributed by atoms with E-state index in [1.807, 2.05) is 12.1 Å². The summed E-state index contributed by atoms with van der Waals surface area (Å²) in [6.45, 7) is 0.00483. The number of methoxy groups -OCH3 is 1. The van der Waals surface area contributed by atoms with Crippen molar-refractivity contribution in [3.8, 4) is 5.75 Å². The Morgan fingerprint density at radius 2 is 1.64 bits per heavy atom. The Kier molecular flexibility index (Phi) is 7.78. The summed E-state index contributed by atoms with van der Waals surface area (Å²) >= 11 is 0. The van der Waals surface area contributed by atoms with Crippen LogP contribution in [0, 0.1) is 0 Å². The predicted molar refractivity (Wildman–Crippen MR) is 132 cm³/mol. The van der Waals surface area contributed by atoms with Gasteiger partial charge in [-0.05, 0) is 48.9 Å². The van der Waals surface area contributed by atoms with Crippen molar-refractivity contribution in [3.63, 3.8) is 0 Å². The van der Waals surface area contributed by atoms with Gasteiger partial charge in [-0.3, -0.25) is 4.79 Å². The highest BCUT2D eigenvalue weighted by atomic mass is 19.4. The van der Waals surface area contributed by atoms with Crippen LogP contribution < -0.4 is 4.74 Å². The zero-order valence-electron chi connectivity index (χ0n) is 21.6. The monoisotopic (exact) mass is 549 g/mol. The second-order valence-electron chi connectivity index (χ2n) is 9.96. The minimum atomic E-state index is -5.17. The van der Waals surface area contributed by atoms with Crippen molar-refractivity contribution in [2.24, 2.45) is 0 Å². The number of hydrogen-bond donors (Lipinski definition) is 1. The summed E-state index contributed by atoms with van der Waals surface area (Å²) in [5.74, 6) is -2.82. The highest BCUT2D eigenvalue weighted by Gasteiger charge is 2.56. The van der Waals surface area contributed by atoms with Gasteiger partial charge in [-0.15, -0.1) is 5.06 Å². The van der Waals surface area contributed by atoms with Crippen LogP contribution in [-0.4, -0.2) is 76.9 Å². The summed E-state index contributed by atoms with van der Waals surface area (Å²) < 4.78 is 44.2. The number of aliphatic carboxylic acids is 1. The Labute approximate surface area is 223 Å². The van der Waals surface area contributed by atoms with Crippen LogP contribution in [0.4, 0.5) is 18.0 Å². The first-order valence-electron chi connectivity index (χ1n) is 12.4. The molecule has 1 aliphatic heterocycles. The van der Waals surface area contributed by atoms with E-state index in [0.29, 0.717) is 11.3 Å². The van der Waals surface area contributed by atoms with Gasteiger partial charge in [0, 0.05) is 20.1 Å². The number of carbonyl (C=O) groups excluding carboxylic acids is 2. The van der Waals surface area contributed by atoms with Crippen LogP contribution in [0.25, 0.3) is 0 Å². The van der Waals surface area contributed by atoms with E-state index in [-0.39, 0.29) is 38.8 Å². The molecule has 0 radical (unpaired) electrons. The van der Waals surface area contributed by atoms with Crippen molar-refractivity contribution in [1.82, 2.24) is 14.9 Å². The Morgan fingerprint density at radius 3 is 2.18 bits per heavy atom. The van der Waals surface area contributed by atoms with Gasteiger partial charge in [-0.25, -0.2) is 9.59 Å². The van der Waals surface area contributed by atoms with Gasteiger partial charge in [-0.1, -0.05) is 42.5 Å². The van der Waals surface area contributed by atoms with E-state index in [9.17, 15) is 32.7 Å². The van der Waals surface area contributed by atoms with Crippen LogP contribution >= 0.6 is 0 Å². The van der Waals surface area contributed by atoms with Gasteiger partial charge >= 0.3 is 24.1 Å². The zero-order chi connectivity index (χ0) is 28.4. The molecule has 12 heteroatoms. The number of rotatable bonds is 8. The molecule has 1 aliphatic carbocycles. The number of carboxylic acid groups (broad SMARTS) is 1. The molecule has 210 valence electrons. The van der Waals surface area contributed by atoms with Crippen LogP contribution in [-0.2, 0) is 26.5 Å². The van der Waals surface area contributed by atoms with E-state index in [1.165, 1.54) is 11.9 Å². The number of urea groups is 1. The van der Waals surface area contributed by atoms with Gasteiger partial charge in [0.05, 0.1) is 18.2 Å². The number of alkyl halides is 3. The molecule has 1 saturated carbocycles. The minimum absolute atomic E-state index is 0.221. The highest BCUT2D eigenvalue weighted by Crippen LogP contribution is 2.49. The first kappa shape index (κ1) is 28.2. The minimum Gasteiger partial charge on any atom is -0.497 e. The molecule has 4 rings (SSSR count). The van der Waals surface area contributed by atoms with Crippen molar-refractivity contribution in [3.05, 3.63) is 65.7 Å². The van der Waals surface area contributed by atoms with E-state index in [2.05, 4.69) is 0 Å². The van der Waals surface area contributed by atoms with Crippen molar-refractivity contribution in [2.45, 2.75) is 49.5 Å². The van der Waals surface area contributed by atoms with Crippen molar-refractivity contribution in [2.75, 3.05) is 27.2 Å². The Morgan fingerprint density at radius 1 is 1.03 bits per heavy atom. The van der Waals surface area contributed by atoms with Crippen molar-refractivity contribution >= 4 is 18.0 Å². The van der Waals surface area contributed by atoms with E-state index >= 15 is 0 Å². The van der Waals surface area contributed by atoms with Gasteiger partial charge in [-0.2, -0.15) is 13.2 Å². The number of nitrogens with zero attached hydrogens (tertiary/aromatic N) is 3. The second kappa shape index (κ2) is 10.8. The summed E-state index contributed by atoms with van der Waals surface area (Å²) in [6.07, 6.45) is -4.15. The standard InChI is InChI=1S/C27H30F3N3O6/c1-31(39-23(36)27(28,29)30)26(20-6-4-3-5-7-20)14-12-25(13-15-26)18-32(24(37)33(25)17-22(34)35)16-19-8-10-21(38-2)11-9-19/h3-11H,12-18H2,1-2H3,(H,34,35)/t25-,26+. The van der Waals surface area contributed by atoms with Crippen LogP contribution in [0.5, 0.6) is 5.75 Å². The molecule has 1 saturated heterocycles. The van der Waals surface area contributed by atoms with Gasteiger partial charge < -0.3 is 24.5 Å². The van der Waals surface area contributed by atoms with Crippen LogP contribution in [0.15, 0.2) is 54.6 Å². The lowest BCUT2D eigenvalue weighted by Gasteiger charge is -2.50. The molecule has 9 nitrogen and oxygen atoms in total. The molecule has 2 amide bonds. The molecule has 0 bridgehead atoms. The molecule has 1 N–H and O–H groups in total. The molecule has 39 heavy (non-hydrogen) atoms. The van der Waals surface area contributed by atoms with Gasteiger partial charge in [0.25, 0.3) is 0 Å². The average Bonchev–Trinajstić information content (AvgIpc) is 3.14. The molecule has 2 aliphatic rings. The third-order valence-corrected chi connectivity index (χ3v) is 7.76. The second-order valence-corrected chi connectivity index (χ2v) is 9.96. The first-order valence-corrected chi connectivity index (χ1v) is 12.4. The van der Waals surface area contributed by atoms with E-state index in [4.69, 9.17) is 9.57 Å². The normalized spacial score (nSPS) is 23.4. The van der Waals surface area contributed by atoms with E-state index in [0.717, 1.165) is 10.6 Å². The molecule has 1 spiro atoms. The Bertz CT molecular complexity index is 1200. The number of carboxylic acids is 1. The largest absolute Gasteiger partial charge is 0.497 e. The average molecular weight is 550 g/mol. The topological polar surface area (TPSA) is 99.6 Å². The number of halogens is 3. The summed E-state index contributed by atoms with van der Waals surface area (Å²) in [4.78, 5) is 44.6. The smallest absolute Gasteiger partial charge is 0.492 e. The molecule has 1 heterocycles. The third kappa shape index (κ3) is 5.65. The quantitative estimate of drug-likeness (QED) is 0.494. The van der Waals surface area contributed by atoms with Gasteiger partial charge in [0.2, 0.25) is 0 Å². The van der Waals surface area contributed by atoms with Crippen molar-refractivity contribution in [1.29, 1.82) is 0 Å². The number of benzene rings is 2. The van der Waals surface area contributed by atoms with E-state index < -0.39 is 41.8 Å². The number of hydrogen-bond acceptors (Lipinski definition) is 6. The van der Waals surface area contributed by atoms with Crippen LogP contribution in [0.1, 0.15) is 36.8 Å². The molecular weight excluding hydrogens is 519 g/mol. The third-order valence-electron chi connectivity index (χ3n) is 7.76. The maximum absolute atomic E-state index is 13.4. The van der Waals surface area contributed by atoms with Crippen LogP contribution in [0.3, 0.4) is 0 Å². The number of carbonyl (C=O) groups is 3. The molecule has 0 unspecified atom stereocenters. The number of ether oxygens (including phenoxy) is 1. The lowest BCUT2D eigenvalue weighted by molar-refractivity contribution is -0.260. The van der Waals surface area contributed by atoms with Crippen LogP contribution in [0.2, 0.25) is 0 Å². The summed E-state index contributed by atoms with van der Waals surface area (Å²) in [7, 11) is 2.84. The fourth-order valence-electron chi connectivity index (χ4n) is 5.68. The Balaban J connectivity index is 1.61. The summed E-state index contributed by atoms with van der Waals surface area (Å²) in [6, 6.07) is 15.5. The predicted octanol–water partition coefficient (Wildman–Crippen LogP) is 4.18. The highest BCUT2D eigenvalue weighted by molar-refractivity contribution is 5.83. The first-order chi connectivity index (χ1) is 18.4. The Hall–Kier alpha value is -3.80. The van der Waals surface area contributed by atoms with Crippen molar-refractivity contribution < 1.29 is 42.2 Å². The summed E-state index contributed by atoms with van der Waals surface area (Å²) in [5, 5.41) is 10.5. The molecule has 2 fully saturated rings. The molecular formula is C27H30F3N3O6. The summed E-state index contributed by atoms with van der Waals surface area (Å²) in [5.41, 5.74) is -0.463. The SMILES string of the molecule is COc1ccc(CN2C[C@]3(CC[C@](c4ccccc4)(N(C)OC(=O)C(F)(F)F)CC3)N(CC(=O)O)C2=O)cc1. The van der Waals surface area contributed by atoms with E-state index in [1.54, 1.807) is 54.5 Å². The molecule has 0 atom stereocenters. The number of hydroxylamine groups is 2. The fraction of sp³-hybridized carbons (Fsp3) is 0.444. The lowest BCUT2D eigenvalue weighted by Crippen LogP contribution is -2.57. The zero-order valence-corrected chi connectivity index (χ0v) is 21.6. The molecule has 0 aromatic heterocycles. The lowest BCUT2D eigenvalue weighted by atomic mass is 9.68.